The van der Waals surface area contributed by atoms with Crippen molar-refractivity contribution in [3.63, 3.8) is 0 Å². The van der Waals surface area contributed by atoms with Crippen LogP contribution < -0.4 is 11.5 Å². The Morgan fingerprint density at radius 1 is 1.28 bits per heavy atom. The fraction of sp³-hybridized carbons (Fsp3) is 0.231. The molecule has 1 unspecified atom stereocenters. The van der Waals surface area contributed by atoms with Crippen LogP contribution in [0, 0.1) is 0 Å². The molecule has 0 amide bonds. The van der Waals surface area contributed by atoms with E-state index in [9.17, 15) is 5.11 Å². The van der Waals surface area contributed by atoms with Crippen LogP contribution in [-0.4, -0.2) is 27.9 Å². The maximum Gasteiger partial charge on any atom is 0.0812 e. The van der Waals surface area contributed by atoms with Crippen molar-refractivity contribution in [2.45, 2.75) is 12.5 Å². The van der Waals surface area contributed by atoms with Crippen LogP contribution >= 0.6 is 0 Å². The van der Waals surface area contributed by atoms with Gasteiger partial charge in [0.15, 0.2) is 0 Å². The van der Waals surface area contributed by atoms with E-state index in [4.69, 9.17) is 16.6 Å². The van der Waals surface area contributed by atoms with E-state index in [1.165, 1.54) is 0 Å². The lowest BCUT2D eigenvalue weighted by Crippen LogP contribution is -2.17. The monoisotopic (exact) mass is 247 g/mol. The van der Waals surface area contributed by atoms with Gasteiger partial charge in [0.25, 0.3) is 0 Å². The fourth-order valence-electron chi connectivity index (χ4n) is 1.98. The molecule has 96 valence electrons. The number of nitrogen functional groups attached to an aromatic ring is 2. The summed E-state index contributed by atoms with van der Waals surface area (Å²) in [6, 6.07) is 7.25. The van der Waals surface area contributed by atoms with E-state index in [2.05, 4.69) is 4.98 Å². The summed E-state index contributed by atoms with van der Waals surface area (Å²) >= 11 is 0. The van der Waals surface area contributed by atoms with Crippen molar-refractivity contribution in [1.82, 2.24) is 4.98 Å². The molecule has 7 N–H and O–H groups in total. The molecule has 0 aliphatic carbocycles. The Labute approximate surface area is 105 Å². The molecule has 1 aromatic heterocycles. The Morgan fingerprint density at radius 2 is 2.06 bits per heavy atom. The Kier molecular flexibility index (Phi) is 3.55. The van der Waals surface area contributed by atoms with Crippen molar-refractivity contribution in [3.05, 3.63) is 36.0 Å². The smallest absolute Gasteiger partial charge is 0.0812 e. The van der Waals surface area contributed by atoms with Crippen LogP contribution in [0.4, 0.5) is 11.4 Å². The summed E-state index contributed by atoms with van der Waals surface area (Å²) in [6.45, 7) is -0.298. The van der Waals surface area contributed by atoms with E-state index >= 15 is 0 Å². The van der Waals surface area contributed by atoms with Gasteiger partial charge in [-0.1, -0.05) is 0 Å². The van der Waals surface area contributed by atoms with Gasteiger partial charge in [-0.15, -0.1) is 0 Å². The normalized spacial score (nSPS) is 12.6. The minimum Gasteiger partial charge on any atom is -0.399 e. The van der Waals surface area contributed by atoms with Crippen molar-refractivity contribution >= 4 is 11.4 Å². The van der Waals surface area contributed by atoms with E-state index < -0.39 is 6.10 Å². The molecule has 0 aliphatic heterocycles. The molecule has 0 fully saturated rings. The number of nitrogens with one attached hydrogen (secondary N) is 1. The lowest BCUT2D eigenvalue weighted by Gasteiger charge is -2.15. The first-order valence-corrected chi connectivity index (χ1v) is 5.72. The molecule has 0 saturated heterocycles. The van der Waals surface area contributed by atoms with Gasteiger partial charge in [-0.25, -0.2) is 0 Å². The average molecular weight is 247 g/mol. The highest BCUT2D eigenvalue weighted by Gasteiger charge is 2.14. The predicted octanol–water partition coefficient (Wildman–Crippen LogP) is 0.742. The van der Waals surface area contributed by atoms with Gasteiger partial charge in [0.1, 0.15) is 0 Å². The summed E-state index contributed by atoms with van der Waals surface area (Å²) in [4.78, 5) is 3.08. The predicted molar refractivity (Wildman–Crippen MR) is 71.9 cm³/mol. The highest BCUT2D eigenvalue weighted by molar-refractivity contribution is 5.75. The molecule has 0 radical (unpaired) electrons. The number of aliphatic hydroxyl groups excluding tert-OH is 2. The molecule has 0 saturated carbocycles. The number of aliphatic hydroxyl groups is 2. The minimum absolute atomic E-state index is 0.289. The topological polar surface area (TPSA) is 108 Å². The summed E-state index contributed by atoms with van der Waals surface area (Å²) in [5.74, 6) is 0. The third-order valence-electron chi connectivity index (χ3n) is 2.85. The first kappa shape index (κ1) is 12.5. The highest BCUT2D eigenvalue weighted by Crippen LogP contribution is 2.30. The zero-order valence-electron chi connectivity index (χ0n) is 9.93. The molecule has 2 aromatic rings. The maximum atomic E-state index is 9.58. The number of anilines is 2. The minimum atomic E-state index is -0.829. The largest absolute Gasteiger partial charge is 0.399 e. The molecule has 0 spiro atoms. The third-order valence-corrected chi connectivity index (χ3v) is 2.85. The van der Waals surface area contributed by atoms with E-state index in [0.717, 1.165) is 16.8 Å². The zero-order chi connectivity index (χ0) is 13.1. The van der Waals surface area contributed by atoms with Crippen LogP contribution in [0.2, 0.25) is 0 Å². The van der Waals surface area contributed by atoms with Crippen LogP contribution in [0.25, 0.3) is 11.3 Å². The second-order valence-corrected chi connectivity index (χ2v) is 4.26. The van der Waals surface area contributed by atoms with Gasteiger partial charge < -0.3 is 26.7 Å². The number of hydrogen-bond acceptors (Lipinski definition) is 4. The van der Waals surface area contributed by atoms with Crippen LogP contribution in [-0.2, 0) is 6.42 Å². The van der Waals surface area contributed by atoms with Crippen molar-refractivity contribution in [2.24, 2.45) is 0 Å². The first-order chi connectivity index (χ1) is 8.61. The Bertz CT molecular complexity index is 523. The quantitative estimate of drug-likeness (QED) is 0.513. The standard InChI is InChI=1S/C13H17N3O2/c14-8-4-11(13-2-1-3-16-13)10(12(15)5-8)6-9(18)7-17/h1-5,9,16-18H,6-7,14-15H2. The Balaban J connectivity index is 2.49. The van der Waals surface area contributed by atoms with Crippen molar-refractivity contribution < 1.29 is 10.2 Å². The van der Waals surface area contributed by atoms with Crippen molar-refractivity contribution in [3.8, 4) is 11.3 Å². The lowest BCUT2D eigenvalue weighted by molar-refractivity contribution is 0.0957. The summed E-state index contributed by atoms with van der Waals surface area (Å²) < 4.78 is 0. The van der Waals surface area contributed by atoms with Gasteiger partial charge in [0, 0.05) is 35.2 Å². The number of rotatable bonds is 4. The molecule has 5 heteroatoms. The molecule has 5 nitrogen and oxygen atoms in total. The van der Waals surface area contributed by atoms with E-state index in [1.807, 2.05) is 18.2 Å². The highest BCUT2D eigenvalue weighted by atomic mass is 16.3. The molecule has 1 atom stereocenters. The number of aromatic nitrogens is 1. The number of nitrogens with two attached hydrogens (primary N) is 2. The summed E-state index contributed by atoms with van der Waals surface area (Å²) in [5, 5.41) is 18.5. The van der Waals surface area contributed by atoms with Crippen molar-refractivity contribution in [1.29, 1.82) is 0 Å². The van der Waals surface area contributed by atoms with Gasteiger partial charge in [-0.2, -0.15) is 0 Å². The molecule has 2 rings (SSSR count). The molecule has 0 bridgehead atoms. The maximum absolute atomic E-state index is 9.58. The average Bonchev–Trinajstić information content (AvgIpc) is 2.85. The van der Waals surface area contributed by atoms with Gasteiger partial charge in [0.05, 0.1) is 12.7 Å². The second-order valence-electron chi connectivity index (χ2n) is 4.26. The van der Waals surface area contributed by atoms with Gasteiger partial charge in [-0.3, -0.25) is 0 Å². The second kappa shape index (κ2) is 5.12. The SMILES string of the molecule is Nc1cc(N)c(CC(O)CO)c(-c2ccc[nH]2)c1. The third kappa shape index (κ3) is 2.47. The van der Waals surface area contributed by atoms with Gasteiger partial charge in [0.2, 0.25) is 0 Å². The van der Waals surface area contributed by atoms with Crippen molar-refractivity contribution in [2.75, 3.05) is 18.1 Å². The first-order valence-electron chi connectivity index (χ1n) is 5.72. The Hall–Kier alpha value is -1.98. The molecular formula is C13H17N3O2. The lowest BCUT2D eigenvalue weighted by atomic mass is 9.97. The fourth-order valence-corrected chi connectivity index (χ4v) is 1.98. The Morgan fingerprint density at radius 3 is 2.67 bits per heavy atom. The summed E-state index contributed by atoms with van der Waals surface area (Å²) in [7, 11) is 0. The molecule has 1 aromatic carbocycles. The van der Waals surface area contributed by atoms with Gasteiger partial charge in [-0.05, 0) is 29.8 Å². The number of hydrogen-bond donors (Lipinski definition) is 5. The summed E-state index contributed by atoms with van der Waals surface area (Å²) in [5.41, 5.74) is 15.3. The van der Waals surface area contributed by atoms with Gasteiger partial charge >= 0.3 is 0 Å². The zero-order valence-corrected chi connectivity index (χ0v) is 9.93. The molecule has 1 heterocycles. The number of aromatic amines is 1. The molecular weight excluding hydrogens is 230 g/mol. The van der Waals surface area contributed by atoms with E-state index in [-0.39, 0.29) is 13.0 Å². The molecule has 18 heavy (non-hydrogen) atoms. The van der Waals surface area contributed by atoms with Crippen LogP contribution in [0.5, 0.6) is 0 Å². The van der Waals surface area contributed by atoms with Crippen LogP contribution in [0.3, 0.4) is 0 Å². The van der Waals surface area contributed by atoms with Crippen LogP contribution in [0.15, 0.2) is 30.5 Å². The number of benzene rings is 1. The van der Waals surface area contributed by atoms with Crippen LogP contribution in [0.1, 0.15) is 5.56 Å². The summed E-state index contributed by atoms with van der Waals surface area (Å²) in [6.07, 6.45) is 1.27. The van der Waals surface area contributed by atoms with E-state index in [1.54, 1.807) is 12.3 Å². The van der Waals surface area contributed by atoms with E-state index in [0.29, 0.717) is 11.4 Å². The number of H-pyrrole nitrogens is 1. The molecule has 0 aliphatic rings.